The molecule has 4 atom stereocenters. The van der Waals surface area contributed by atoms with Gasteiger partial charge in [0, 0.05) is 78.3 Å². The van der Waals surface area contributed by atoms with Crippen LogP contribution in [0.15, 0.2) is 85.9 Å². The normalized spacial score (nSPS) is 15.0. The van der Waals surface area contributed by atoms with Crippen molar-refractivity contribution in [1.82, 2.24) is 67.6 Å². The first-order chi connectivity index (χ1) is 60.5. The Kier molecular flexibility index (Phi) is 34.9. The number of hydrogen-bond donors (Lipinski definition) is 5. The van der Waals surface area contributed by atoms with Crippen LogP contribution in [0, 0.1) is 96.6 Å². The van der Waals surface area contributed by atoms with Gasteiger partial charge in [0.1, 0.15) is 111 Å². The van der Waals surface area contributed by atoms with Gasteiger partial charge in [0.05, 0.1) is 79.3 Å². The van der Waals surface area contributed by atoms with Crippen LogP contribution < -0.4 is 22.1 Å². The minimum absolute atomic E-state index is 0.0189. The van der Waals surface area contributed by atoms with Gasteiger partial charge in [-0.2, -0.15) is 62.5 Å². The monoisotopic (exact) mass is 2310 g/mol. The number of amides is 4. The van der Waals surface area contributed by atoms with Crippen molar-refractivity contribution in [1.29, 1.82) is 0 Å². The number of methoxy groups -OCH3 is 2. The number of alkyl halides is 10. The summed E-state index contributed by atoms with van der Waals surface area (Å²) in [6, 6.07) is 3.69. The Morgan fingerprint density at radius 2 is 0.961 bits per heavy atom. The minimum atomic E-state index is -6.33. The smallest absolute Gasteiger partial charge is 0.470 e. The number of carboxylic acids is 1. The van der Waals surface area contributed by atoms with E-state index in [1.54, 1.807) is 57.4 Å². The van der Waals surface area contributed by atoms with E-state index in [1.807, 2.05) is 0 Å². The second-order valence-corrected chi connectivity index (χ2v) is 31.7. The lowest BCUT2D eigenvalue weighted by Crippen LogP contribution is -2.37. The number of carbonyl (C=O) groups excluding carboxylic acids is 4. The van der Waals surface area contributed by atoms with Crippen molar-refractivity contribution in [2.45, 2.75) is 74.9 Å². The van der Waals surface area contributed by atoms with Crippen molar-refractivity contribution in [3.63, 3.8) is 0 Å². The fourth-order valence-electron chi connectivity index (χ4n) is 12.6. The molecule has 0 bridgehead atoms. The lowest BCUT2D eigenvalue weighted by Gasteiger charge is -2.22. The third-order valence-corrected chi connectivity index (χ3v) is 23.1. The van der Waals surface area contributed by atoms with Gasteiger partial charge in [0.2, 0.25) is 11.8 Å². The average molecular weight is 2310 g/mol. The number of primary amides is 2. The molecule has 690 valence electrons. The molecule has 2 saturated heterocycles. The van der Waals surface area contributed by atoms with E-state index in [1.165, 1.54) is 105 Å². The summed E-state index contributed by atoms with van der Waals surface area (Å²) in [6.07, 6.45) is 14.1. The molecule has 3 aliphatic rings. The molecule has 0 radical (unpaired) electrons. The maximum Gasteiger partial charge on any atom is 0.470 e. The summed E-state index contributed by atoms with van der Waals surface area (Å²) in [4.78, 5) is 78.9. The molecular formula is C74H58F21I4N19O10S. The van der Waals surface area contributed by atoms with Gasteiger partial charge in [0.25, 0.3) is 11.8 Å². The molecule has 0 unspecified atom stereocenters. The summed E-state index contributed by atoms with van der Waals surface area (Å²) < 4.78 is 303. The highest BCUT2D eigenvalue weighted by molar-refractivity contribution is 14.1. The first-order valence-corrected chi connectivity index (χ1v) is 41.0. The maximum absolute atomic E-state index is 15.0. The Bertz CT molecular complexity index is 6340. The van der Waals surface area contributed by atoms with Crippen LogP contribution in [0.1, 0.15) is 94.4 Å². The molecule has 4 amide bonds. The number of halogens is 25. The number of fused-ring (bicyclic) bond motifs is 5. The Morgan fingerprint density at radius 3 is 1.34 bits per heavy atom. The van der Waals surface area contributed by atoms with Crippen LogP contribution in [0.2, 0.25) is 0 Å². The molecule has 5 aromatic carbocycles. The third-order valence-electron chi connectivity index (χ3n) is 18.4. The zero-order chi connectivity index (χ0) is 96.4. The van der Waals surface area contributed by atoms with Gasteiger partial charge < -0.3 is 46.5 Å². The second-order valence-electron chi connectivity index (χ2n) is 26.0. The molecule has 7 N–H and O–H groups in total. The summed E-state index contributed by atoms with van der Waals surface area (Å²) in [5.74, 6) is -6.12. The van der Waals surface area contributed by atoms with Gasteiger partial charge in [-0.3, -0.25) is 42.4 Å². The Morgan fingerprint density at radius 1 is 0.581 bits per heavy atom. The van der Waals surface area contributed by atoms with Gasteiger partial charge in [-0.1, -0.05) is 23.0 Å². The molecule has 55 heteroatoms. The van der Waals surface area contributed by atoms with Gasteiger partial charge >= 0.3 is 47.6 Å². The summed E-state index contributed by atoms with van der Waals surface area (Å²) in [6.45, 7) is -3.34. The first-order valence-electron chi connectivity index (χ1n) is 35.3. The van der Waals surface area contributed by atoms with E-state index in [2.05, 4.69) is 76.7 Å². The largest absolute Gasteiger partial charge is 0.476 e. The molecule has 9 heterocycles. The number of aliphatic imine (C=N–C) groups is 1. The number of terminal acetylenes is 1. The van der Waals surface area contributed by atoms with Crippen LogP contribution in [-0.4, -0.2) is 189 Å². The first kappa shape index (κ1) is 103. The second kappa shape index (κ2) is 43.6. The summed E-state index contributed by atoms with van der Waals surface area (Å²) in [7, 11) is -0.0624. The number of rotatable bonds is 18. The number of nitrogens with two attached hydrogens (primary N) is 2. The predicted molar refractivity (Wildman–Crippen MR) is 452 cm³/mol. The van der Waals surface area contributed by atoms with Gasteiger partial charge in [-0.05, 0) is 139 Å². The predicted octanol–water partition coefficient (Wildman–Crippen LogP) is 15.1. The van der Waals surface area contributed by atoms with Crippen molar-refractivity contribution >= 4 is 198 Å². The van der Waals surface area contributed by atoms with Crippen LogP contribution in [0.3, 0.4) is 0 Å². The standard InChI is InChI=1S/C24H23F4N7O3.C16H21N5O3.3C8H3F4IN2.C8H4F2IN.C2HF3O4S/c1-4-18(36)33-9-12(7-13(33)10-38-3)35-23(30-2)19(22(29)37)16(32-35)6-5-14-15(25)8-17-21(20(14)26)31-11-34(17)24(27)28;1-5-12-14(15(17)23)16(18-3)21(19-12)10-7-11(9-24-4)20(8-10)13(22)6-2;2*9-3-1-4-7(5(10)6(3)13)14-2-15(4)8(11)12;9-3-1-4-7(5(10)6(3)13)15(2-14-4)8(11)12;9-5-3-4-1-2-12-8(4)6(10)7(5)11;3-2(4,1(6)7)10(5,8)9/h4,8,11-13,24,30H,1,7,9-10H2,2-3H3,(H2,29,37);1,6,10-11,18H,2,7-9H2,3-4H3,(H2,17,23);3*1-2,8H;2-3H,1H2;(H,6,7)/t12-,13+;10-,11+;;;;;/m00...../s1. The highest BCUT2D eigenvalue weighted by Crippen LogP contribution is 2.38. The molecular weight excluding hydrogens is 2250 g/mol. The Hall–Kier alpha value is -11.1. The van der Waals surface area contributed by atoms with E-state index < -0.39 is 140 Å². The minimum Gasteiger partial charge on any atom is -0.476 e. The molecule has 0 spiro atoms. The maximum atomic E-state index is 15.0. The van der Waals surface area contributed by atoms with E-state index in [9.17, 15) is 124 Å². The number of imidazole rings is 4. The van der Waals surface area contributed by atoms with Crippen molar-refractivity contribution < 1.29 is 139 Å². The van der Waals surface area contributed by atoms with Gasteiger partial charge in [0.15, 0.2) is 34.8 Å². The summed E-state index contributed by atoms with van der Waals surface area (Å²) in [5, 5.41) is 16.6. The molecule has 29 nitrogen and oxygen atoms in total. The molecule has 0 saturated carbocycles. The fraction of sp³-hybridized carbons (Fsp3) is 0.270. The molecule has 14 rings (SSSR count). The van der Waals surface area contributed by atoms with Crippen molar-refractivity contribution in [2.75, 3.05) is 65.3 Å². The van der Waals surface area contributed by atoms with Crippen molar-refractivity contribution in [3.05, 3.63) is 187 Å². The number of aliphatic carboxylic acids is 1. The number of aromatic nitrogens is 12. The number of likely N-dealkylation sites (tertiary alicyclic amines) is 2. The number of carboxylic acid groups (broad SMARTS) is 1. The molecule has 0 aliphatic carbocycles. The third kappa shape index (κ3) is 22.3. The number of anilines is 2. The molecule has 3 aliphatic heterocycles. The lowest BCUT2D eigenvalue weighted by atomic mass is 10.1. The molecule has 11 aromatic rings. The van der Waals surface area contributed by atoms with Crippen LogP contribution >= 0.6 is 90.4 Å². The van der Waals surface area contributed by atoms with Crippen molar-refractivity contribution in [2.24, 2.45) is 16.5 Å². The summed E-state index contributed by atoms with van der Waals surface area (Å²) in [5.41, 5.74) is 8.83. The van der Waals surface area contributed by atoms with Crippen molar-refractivity contribution in [3.8, 4) is 24.2 Å². The highest BCUT2D eigenvalue weighted by atomic mass is 127. The van der Waals surface area contributed by atoms with E-state index in [4.69, 9.17) is 32.5 Å². The molecule has 6 aromatic heterocycles. The number of benzene rings is 5. The summed E-state index contributed by atoms with van der Waals surface area (Å²) >= 11 is 5.97. The quantitative estimate of drug-likeness (QED) is 0.0133. The van der Waals surface area contributed by atoms with E-state index in [-0.39, 0.29) is 119 Å². The van der Waals surface area contributed by atoms with Crippen LogP contribution in [0.4, 0.5) is 109 Å². The van der Waals surface area contributed by atoms with Crippen LogP contribution in [0.5, 0.6) is 0 Å². The molecule has 2 fully saturated rings. The zero-order valence-electron chi connectivity index (χ0n) is 65.3. The highest BCUT2D eigenvalue weighted by Gasteiger charge is 2.54. The lowest BCUT2D eigenvalue weighted by molar-refractivity contribution is -0.154. The number of ether oxygens (including phenoxy) is 2. The van der Waals surface area contributed by atoms with Crippen LogP contribution in [-0.2, 0) is 40.5 Å². The number of nitrogens with one attached hydrogen (secondary N) is 2. The molecule has 129 heavy (non-hydrogen) atoms. The van der Waals surface area contributed by atoms with E-state index in [0.29, 0.717) is 80.1 Å². The topological polar surface area (TPSA) is 360 Å². The average Bonchev–Trinajstić information content (AvgIpc) is 1.62. The van der Waals surface area contributed by atoms with Gasteiger partial charge in [-0.25, -0.2) is 78.0 Å². The zero-order valence-corrected chi connectivity index (χ0v) is 74.8. The Balaban J connectivity index is 0.000000196. The van der Waals surface area contributed by atoms with Crippen LogP contribution in [0.25, 0.3) is 44.1 Å². The van der Waals surface area contributed by atoms with E-state index >= 15 is 0 Å². The van der Waals surface area contributed by atoms with E-state index in [0.717, 1.165) is 37.2 Å². The number of hydrogen-bond acceptors (Lipinski definition) is 18. The number of nitrogens with zero attached hydrogens (tertiary/aromatic N) is 15. The number of carbonyl (C=O) groups is 5. The fourth-order valence-corrected chi connectivity index (χ4v) is 14.5. The van der Waals surface area contributed by atoms with Gasteiger partial charge in [-0.15, -0.1) is 6.42 Å². The Labute approximate surface area is 766 Å². The SMILES string of the molecule is C#Cc1nn([C@H]2C[C@H](COC)N(C(=O)C=C)C2)c(NC)c1C(N)=O.C=CC(=O)N1C[C@@H](n2nc(C#Cc3c(F)cc4c(ncn4C(F)F)c3F)c(C(N)=O)c2NC)C[C@@H]1COC.Fc1cc2c(c(F)c1I)N=CC2.Fc1cc2c(ncn2C(F)F)c(F)c1I.Fc1cc2c(ncn2C(F)F)c(F)c1I.Fc1cc2ncn(C(F)F)c2c(F)c1I.O=C(O)C(F)(F)S(=O)(=O)F.